The predicted molar refractivity (Wildman–Crippen MR) is 147 cm³/mol. The lowest BCUT2D eigenvalue weighted by atomic mass is 9.81. The van der Waals surface area contributed by atoms with Crippen molar-refractivity contribution in [3.05, 3.63) is 90.1 Å². The number of sulfonamides is 1. The van der Waals surface area contributed by atoms with E-state index >= 15 is 0 Å². The molecule has 2 atom stereocenters. The van der Waals surface area contributed by atoms with Gasteiger partial charge in [-0.05, 0) is 43.7 Å². The highest BCUT2D eigenvalue weighted by atomic mass is 32.2. The molecule has 1 saturated heterocycles. The molecule has 0 aliphatic carbocycles. The van der Waals surface area contributed by atoms with E-state index in [0.29, 0.717) is 41.2 Å². The van der Waals surface area contributed by atoms with Crippen molar-refractivity contribution in [3.63, 3.8) is 0 Å². The van der Waals surface area contributed by atoms with Gasteiger partial charge in [-0.15, -0.1) is 0 Å². The highest BCUT2D eigenvalue weighted by Crippen LogP contribution is 2.42. The molecule has 0 radical (unpaired) electrons. The molecule has 1 fully saturated rings. The molecule has 5 rings (SSSR count). The van der Waals surface area contributed by atoms with Gasteiger partial charge in [-0.2, -0.15) is 0 Å². The van der Waals surface area contributed by atoms with Crippen LogP contribution in [0.5, 0.6) is 5.75 Å². The van der Waals surface area contributed by atoms with E-state index in [-0.39, 0.29) is 29.6 Å². The fourth-order valence-corrected chi connectivity index (χ4v) is 5.80. The van der Waals surface area contributed by atoms with Gasteiger partial charge in [0, 0.05) is 37.1 Å². The SMILES string of the molecule is COC1(c2cc(F)cc(OCc3nc(-c4ccc(S(N)(=O)=O)cc4)c(-c4ccccc4)o3)c2)CC(C)OC(C)C1. The first kappa shape index (κ1) is 28.0. The number of nitrogens with two attached hydrogens (primary N) is 1. The van der Waals surface area contributed by atoms with Crippen LogP contribution in [0.1, 0.15) is 38.1 Å². The van der Waals surface area contributed by atoms with E-state index in [2.05, 4.69) is 4.98 Å². The topological polar surface area (TPSA) is 114 Å². The van der Waals surface area contributed by atoms with Crippen molar-refractivity contribution in [3.8, 4) is 28.3 Å². The van der Waals surface area contributed by atoms with Gasteiger partial charge in [-0.3, -0.25) is 0 Å². The molecule has 2 N–H and O–H groups in total. The van der Waals surface area contributed by atoms with Crippen molar-refractivity contribution >= 4 is 10.0 Å². The van der Waals surface area contributed by atoms with E-state index in [9.17, 15) is 12.8 Å². The molecule has 0 spiro atoms. The van der Waals surface area contributed by atoms with Crippen molar-refractivity contribution < 1.29 is 31.4 Å². The third-order valence-corrected chi connectivity index (χ3v) is 7.94. The molecule has 8 nitrogen and oxygen atoms in total. The molecule has 1 aromatic heterocycles. The standard InChI is InChI=1S/C30H31FN2O6S/c1-19-16-30(36-3,17-20(2)38-19)23-13-24(31)15-25(14-23)37-18-27-33-28(29(39-27)22-7-5-4-6-8-22)21-9-11-26(12-10-21)40(32,34)35/h4-15,19-20H,16-18H2,1-3H3,(H2,32,34,35). The van der Waals surface area contributed by atoms with Crippen molar-refractivity contribution in [2.24, 2.45) is 5.14 Å². The molecule has 40 heavy (non-hydrogen) atoms. The molecule has 1 aliphatic heterocycles. The van der Waals surface area contributed by atoms with Gasteiger partial charge in [-0.25, -0.2) is 22.9 Å². The average Bonchev–Trinajstić information content (AvgIpc) is 3.35. The van der Waals surface area contributed by atoms with E-state index in [1.54, 1.807) is 25.3 Å². The lowest BCUT2D eigenvalue weighted by Gasteiger charge is -2.42. The molecule has 2 unspecified atom stereocenters. The molecule has 0 saturated carbocycles. The van der Waals surface area contributed by atoms with Crippen LogP contribution in [-0.4, -0.2) is 32.7 Å². The summed E-state index contributed by atoms with van der Waals surface area (Å²) in [5.74, 6) is 0.636. The van der Waals surface area contributed by atoms with Gasteiger partial charge >= 0.3 is 0 Å². The van der Waals surface area contributed by atoms with Gasteiger partial charge in [0.2, 0.25) is 15.9 Å². The second-order valence-electron chi connectivity index (χ2n) is 10.0. The zero-order chi connectivity index (χ0) is 28.5. The average molecular weight is 567 g/mol. The van der Waals surface area contributed by atoms with Gasteiger partial charge in [0.25, 0.3) is 0 Å². The molecule has 210 valence electrons. The van der Waals surface area contributed by atoms with Crippen LogP contribution in [0.2, 0.25) is 0 Å². The Morgan fingerprint density at radius 1 is 1.00 bits per heavy atom. The summed E-state index contributed by atoms with van der Waals surface area (Å²) >= 11 is 0. The molecule has 0 bridgehead atoms. The summed E-state index contributed by atoms with van der Waals surface area (Å²) < 4.78 is 62.1. The van der Waals surface area contributed by atoms with Crippen molar-refractivity contribution in [1.82, 2.24) is 4.98 Å². The third kappa shape index (κ3) is 5.95. The van der Waals surface area contributed by atoms with E-state index < -0.39 is 21.4 Å². The summed E-state index contributed by atoms with van der Waals surface area (Å²) in [4.78, 5) is 4.63. The molecule has 3 aromatic carbocycles. The lowest BCUT2D eigenvalue weighted by Crippen LogP contribution is -2.42. The first-order chi connectivity index (χ1) is 19.1. The van der Waals surface area contributed by atoms with Crippen LogP contribution in [0.25, 0.3) is 22.6 Å². The molecule has 10 heteroatoms. The summed E-state index contributed by atoms with van der Waals surface area (Å²) in [5.41, 5.74) is 1.91. The largest absolute Gasteiger partial charge is 0.484 e. The highest BCUT2D eigenvalue weighted by molar-refractivity contribution is 7.89. The quantitative estimate of drug-likeness (QED) is 0.287. The zero-order valence-corrected chi connectivity index (χ0v) is 23.3. The Labute approximate surface area is 233 Å². The number of primary sulfonamides is 1. The number of rotatable bonds is 8. The van der Waals surface area contributed by atoms with Gasteiger partial charge < -0.3 is 18.6 Å². The maximum atomic E-state index is 14.8. The second-order valence-corrected chi connectivity index (χ2v) is 11.6. The normalized spacial score (nSPS) is 21.3. The Hall–Kier alpha value is -3.57. The number of methoxy groups -OCH3 is 1. The van der Waals surface area contributed by atoms with Crippen LogP contribution in [0.15, 0.2) is 82.1 Å². The molecular weight excluding hydrogens is 535 g/mol. The number of halogens is 1. The van der Waals surface area contributed by atoms with Crippen LogP contribution in [0.3, 0.4) is 0 Å². The first-order valence-electron chi connectivity index (χ1n) is 12.9. The molecule has 1 aliphatic rings. The van der Waals surface area contributed by atoms with Crippen LogP contribution in [0.4, 0.5) is 4.39 Å². The summed E-state index contributed by atoms with van der Waals surface area (Å²) in [7, 11) is -2.21. The van der Waals surface area contributed by atoms with Crippen LogP contribution >= 0.6 is 0 Å². The number of nitrogens with zero attached hydrogens (tertiary/aromatic N) is 1. The maximum Gasteiger partial charge on any atom is 0.238 e. The summed E-state index contributed by atoms with van der Waals surface area (Å²) in [6.07, 6.45) is 1.09. The maximum absolute atomic E-state index is 14.8. The van der Waals surface area contributed by atoms with Crippen molar-refractivity contribution in [2.45, 2.75) is 56.0 Å². The van der Waals surface area contributed by atoms with E-state index in [4.69, 9.17) is 23.8 Å². The summed E-state index contributed by atoms with van der Waals surface area (Å²) in [6.45, 7) is 3.90. The van der Waals surface area contributed by atoms with Gasteiger partial charge in [0.05, 0.1) is 22.7 Å². The molecule has 4 aromatic rings. The Kier molecular flexibility index (Phi) is 7.78. The molecule has 0 amide bonds. The number of benzene rings is 3. The van der Waals surface area contributed by atoms with E-state index in [1.165, 1.54) is 24.3 Å². The summed E-state index contributed by atoms with van der Waals surface area (Å²) in [5, 5.41) is 5.25. The van der Waals surface area contributed by atoms with Gasteiger partial charge in [-0.1, -0.05) is 42.5 Å². The molecular formula is C30H31FN2O6S. The predicted octanol–water partition coefficient (Wildman–Crippen LogP) is 5.80. The minimum Gasteiger partial charge on any atom is -0.484 e. The van der Waals surface area contributed by atoms with Crippen LogP contribution in [0, 0.1) is 5.82 Å². The molecule has 2 heterocycles. The van der Waals surface area contributed by atoms with Crippen LogP contribution < -0.4 is 9.88 Å². The zero-order valence-electron chi connectivity index (χ0n) is 22.5. The number of hydrogen-bond acceptors (Lipinski definition) is 7. The summed E-state index contributed by atoms with van der Waals surface area (Å²) in [6, 6.07) is 20.0. The minimum absolute atomic E-state index is 0.00591. The van der Waals surface area contributed by atoms with Crippen molar-refractivity contribution in [1.29, 1.82) is 0 Å². The fraction of sp³-hybridized carbons (Fsp3) is 0.300. The monoisotopic (exact) mass is 566 g/mol. The number of hydrogen-bond donors (Lipinski definition) is 1. The number of oxazole rings is 1. The number of aromatic nitrogens is 1. The third-order valence-electron chi connectivity index (χ3n) is 7.01. The lowest BCUT2D eigenvalue weighted by molar-refractivity contribution is -0.152. The highest BCUT2D eigenvalue weighted by Gasteiger charge is 2.41. The minimum atomic E-state index is -3.84. The Morgan fingerprint density at radius 3 is 2.30 bits per heavy atom. The Bertz CT molecular complexity index is 1580. The Morgan fingerprint density at radius 2 is 1.68 bits per heavy atom. The smallest absolute Gasteiger partial charge is 0.238 e. The first-order valence-corrected chi connectivity index (χ1v) is 14.4. The Balaban J connectivity index is 1.45. The van der Waals surface area contributed by atoms with Crippen LogP contribution in [-0.2, 0) is 31.7 Å². The van der Waals surface area contributed by atoms with Crippen molar-refractivity contribution in [2.75, 3.05) is 7.11 Å². The van der Waals surface area contributed by atoms with E-state index in [1.807, 2.05) is 44.2 Å². The van der Waals surface area contributed by atoms with E-state index in [0.717, 1.165) is 5.56 Å². The second kappa shape index (κ2) is 11.1. The fourth-order valence-electron chi connectivity index (χ4n) is 5.29. The van der Waals surface area contributed by atoms with Gasteiger partial charge in [0.15, 0.2) is 12.4 Å². The number of ether oxygens (including phenoxy) is 3. The van der Waals surface area contributed by atoms with Gasteiger partial charge in [0.1, 0.15) is 17.3 Å².